The number of aliphatic hydroxyl groups excluding tert-OH is 1. The SMILES string of the molecule is CC(C)C[C@@H](O)C(=O)N[C@H](Cc1ccccc1[N+](=O)[O-])C(N)=O. The molecule has 126 valence electrons. The summed E-state index contributed by atoms with van der Waals surface area (Å²) in [6.07, 6.45) is -1.14. The van der Waals surface area contributed by atoms with Crippen LogP contribution in [0.1, 0.15) is 25.8 Å². The Hall–Kier alpha value is -2.48. The molecule has 0 saturated heterocycles. The van der Waals surface area contributed by atoms with E-state index in [9.17, 15) is 24.8 Å². The van der Waals surface area contributed by atoms with Gasteiger partial charge in [0.1, 0.15) is 12.1 Å². The Kier molecular flexibility index (Phi) is 6.65. The quantitative estimate of drug-likeness (QED) is 0.473. The third kappa shape index (κ3) is 5.67. The number of nitrogens with zero attached hydrogens (tertiary/aromatic N) is 1. The first kappa shape index (κ1) is 18.6. The lowest BCUT2D eigenvalue weighted by Gasteiger charge is -2.19. The second-order valence-corrected chi connectivity index (χ2v) is 5.70. The molecule has 0 aliphatic heterocycles. The molecule has 0 aliphatic rings. The van der Waals surface area contributed by atoms with Crippen LogP contribution in [0.5, 0.6) is 0 Å². The van der Waals surface area contributed by atoms with E-state index in [1.165, 1.54) is 18.2 Å². The van der Waals surface area contributed by atoms with Crippen molar-refractivity contribution >= 4 is 17.5 Å². The van der Waals surface area contributed by atoms with E-state index in [4.69, 9.17) is 5.73 Å². The van der Waals surface area contributed by atoms with E-state index < -0.39 is 28.9 Å². The molecule has 2 amide bonds. The zero-order chi connectivity index (χ0) is 17.6. The van der Waals surface area contributed by atoms with Crippen LogP contribution in [-0.4, -0.2) is 34.0 Å². The molecule has 0 spiro atoms. The van der Waals surface area contributed by atoms with Crippen molar-refractivity contribution in [1.29, 1.82) is 0 Å². The van der Waals surface area contributed by atoms with Gasteiger partial charge in [-0.2, -0.15) is 0 Å². The molecule has 8 heteroatoms. The Balaban J connectivity index is 2.87. The lowest BCUT2D eigenvalue weighted by molar-refractivity contribution is -0.385. The van der Waals surface area contributed by atoms with Gasteiger partial charge in [0.25, 0.3) is 5.69 Å². The molecular weight excluding hydrogens is 302 g/mol. The van der Waals surface area contributed by atoms with E-state index in [0.29, 0.717) is 0 Å². The molecule has 23 heavy (non-hydrogen) atoms. The topological polar surface area (TPSA) is 136 Å². The first-order chi connectivity index (χ1) is 10.7. The first-order valence-electron chi connectivity index (χ1n) is 7.22. The van der Waals surface area contributed by atoms with Gasteiger partial charge in [0.2, 0.25) is 11.8 Å². The van der Waals surface area contributed by atoms with Crippen molar-refractivity contribution < 1.29 is 19.6 Å². The highest BCUT2D eigenvalue weighted by molar-refractivity contribution is 5.88. The number of amides is 2. The summed E-state index contributed by atoms with van der Waals surface area (Å²) in [6, 6.07) is 4.76. The third-order valence-electron chi connectivity index (χ3n) is 3.27. The number of hydrogen-bond donors (Lipinski definition) is 3. The average Bonchev–Trinajstić information content (AvgIpc) is 2.45. The maximum absolute atomic E-state index is 11.9. The number of aliphatic hydroxyl groups is 1. The van der Waals surface area contributed by atoms with E-state index >= 15 is 0 Å². The molecule has 1 rings (SSSR count). The van der Waals surface area contributed by atoms with Crippen molar-refractivity contribution in [2.75, 3.05) is 0 Å². The van der Waals surface area contributed by atoms with E-state index in [-0.39, 0.29) is 30.0 Å². The smallest absolute Gasteiger partial charge is 0.272 e. The fraction of sp³-hybridized carbons (Fsp3) is 0.467. The van der Waals surface area contributed by atoms with E-state index in [2.05, 4.69) is 5.32 Å². The standard InChI is InChI=1S/C15H21N3O5/c1-9(2)7-13(19)15(21)17-11(14(16)20)8-10-5-3-4-6-12(10)18(22)23/h3-6,9,11,13,19H,7-8H2,1-2H3,(H2,16,20)(H,17,21)/t11-,13-/m1/s1. The molecule has 0 aromatic heterocycles. The van der Waals surface area contributed by atoms with Crippen LogP contribution in [0.4, 0.5) is 5.69 Å². The largest absolute Gasteiger partial charge is 0.383 e. The Labute approximate surface area is 133 Å². The van der Waals surface area contributed by atoms with Gasteiger partial charge in [-0.05, 0) is 12.3 Å². The highest BCUT2D eigenvalue weighted by Gasteiger charge is 2.26. The summed E-state index contributed by atoms with van der Waals surface area (Å²) < 4.78 is 0. The van der Waals surface area contributed by atoms with Crippen LogP contribution in [0.15, 0.2) is 24.3 Å². The predicted molar refractivity (Wildman–Crippen MR) is 83.4 cm³/mol. The monoisotopic (exact) mass is 323 g/mol. The minimum atomic E-state index is -1.26. The van der Waals surface area contributed by atoms with Gasteiger partial charge in [-0.3, -0.25) is 19.7 Å². The summed E-state index contributed by atoms with van der Waals surface area (Å²) in [4.78, 5) is 33.8. The van der Waals surface area contributed by atoms with Gasteiger partial charge in [-0.15, -0.1) is 0 Å². The Morgan fingerprint density at radius 3 is 2.48 bits per heavy atom. The second kappa shape index (κ2) is 8.23. The van der Waals surface area contributed by atoms with E-state index in [1.54, 1.807) is 6.07 Å². The molecular formula is C15H21N3O5. The second-order valence-electron chi connectivity index (χ2n) is 5.70. The normalized spacial score (nSPS) is 13.4. The number of benzene rings is 1. The summed E-state index contributed by atoms with van der Waals surface area (Å²) >= 11 is 0. The van der Waals surface area contributed by atoms with Crippen molar-refractivity contribution in [3.8, 4) is 0 Å². The van der Waals surface area contributed by atoms with Crippen LogP contribution in [0.2, 0.25) is 0 Å². The number of nitrogens with one attached hydrogen (secondary N) is 1. The lowest BCUT2D eigenvalue weighted by Crippen LogP contribution is -2.49. The number of carbonyl (C=O) groups is 2. The average molecular weight is 323 g/mol. The molecule has 0 radical (unpaired) electrons. The fourth-order valence-electron chi connectivity index (χ4n) is 2.13. The third-order valence-corrected chi connectivity index (χ3v) is 3.27. The van der Waals surface area contributed by atoms with Crippen LogP contribution >= 0.6 is 0 Å². The molecule has 0 fully saturated rings. The van der Waals surface area contributed by atoms with Gasteiger partial charge >= 0.3 is 0 Å². The highest BCUT2D eigenvalue weighted by atomic mass is 16.6. The minimum absolute atomic E-state index is 0.0954. The van der Waals surface area contributed by atoms with E-state index in [1.807, 2.05) is 13.8 Å². The van der Waals surface area contributed by atoms with Gasteiger partial charge in [0, 0.05) is 18.1 Å². The lowest BCUT2D eigenvalue weighted by atomic mass is 10.0. The van der Waals surface area contributed by atoms with Crippen molar-refractivity contribution in [3.05, 3.63) is 39.9 Å². The van der Waals surface area contributed by atoms with E-state index in [0.717, 1.165) is 0 Å². The molecule has 4 N–H and O–H groups in total. The summed E-state index contributed by atoms with van der Waals surface area (Å²) in [5, 5.41) is 23.1. The van der Waals surface area contributed by atoms with Crippen LogP contribution in [0.3, 0.4) is 0 Å². The number of hydrogen-bond acceptors (Lipinski definition) is 5. The van der Waals surface area contributed by atoms with Crippen molar-refractivity contribution in [1.82, 2.24) is 5.32 Å². The molecule has 0 unspecified atom stereocenters. The molecule has 2 atom stereocenters. The van der Waals surface area contributed by atoms with Gasteiger partial charge in [-0.1, -0.05) is 32.0 Å². The summed E-state index contributed by atoms with van der Waals surface area (Å²) in [6.45, 7) is 3.69. The Morgan fingerprint density at radius 1 is 1.35 bits per heavy atom. The number of nitro groups is 1. The Morgan fingerprint density at radius 2 is 1.96 bits per heavy atom. The molecule has 1 aromatic carbocycles. The molecule has 0 heterocycles. The van der Waals surface area contributed by atoms with Crippen molar-refractivity contribution in [3.63, 3.8) is 0 Å². The highest BCUT2D eigenvalue weighted by Crippen LogP contribution is 2.19. The maximum atomic E-state index is 11.9. The minimum Gasteiger partial charge on any atom is -0.383 e. The van der Waals surface area contributed by atoms with Crippen molar-refractivity contribution in [2.24, 2.45) is 11.7 Å². The number of nitrogens with two attached hydrogens (primary N) is 1. The fourth-order valence-corrected chi connectivity index (χ4v) is 2.13. The van der Waals surface area contributed by atoms with Crippen LogP contribution < -0.4 is 11.1 Å². The van der Waals surface area contributed by atoms with Crippen LogP contribution in [0, 0.1) is 16.0 Å². The maximum Gasteiger partial charge on any atom is 0.272 e. The van der Waals surface area contributed by atoms with Gasteiger partial charge in [0.15, 0.2) is 0 Å². The predicted octanol–water partition coefficient (Wildman–Crippen LogP) is 0.514. The van der Waals surface area contributed by atoms with Gasteiger partial charge in [-0.25, -0.2) is 0 Å². The summed E-state index contributed by atoms with van der Waals surface area (Å²) in [5.41, 5.74) is 5.38. The van der Waals surface area contributed by atoms with Gasteiger partial charge in [0.05, 0.1) is 4.92 Å². The van der Waals surface area contributed by atoms with Crippen LogP contribution in [0.25, 0.3) is 0 Å². The molecule has 1 aromatic rings. The molecule has 0 aliphatic carbocycles. The zero-order valence-electron chi connectivity index (χ0n) is 13.1. The van der Waals surface area contributed by atoms with Gasteiger partial charge < -0.3 is 16.2 Å². The molecule has 0 saturated carbocycles. The molecule has 8 nitrogen and oxygen atoms in total. The number of para-hydroxylation sites is 1. The number of rotatable bonds is 8. The summed E-state index contributed by atoms with van der Waals surface area (Å²) in [5.74, 6) is -1.45. The zero-order valence-corrected chi connectivity index (χ0v) is 13.1. The number of carbonyl (C=O) groups excluding carboxylic acids is 2. The summed E-state index contributed by atoms with van der Waals surface area (Å²) in [7, 11) is 0. The number of nitro benzene ring substituents is 1. The number of primary amides is 1. The Bertz CT molecular complexity index is 588. The van der Waals surface area contributed by atoms with Crippen LogP contribution in [-0.2, 0) is 16.0 Å². The molecule has 0 bridgehead atoms. The first-order valence-corrected chi connectivity index (χ1v) is 7.22. The van der Waals surface area contributed by atoms with Crippen molar-refractivity contribution in [2.45, 2.75) is 38.8 Å².